The van der Waals surface area contributed by atoms with Gasteiger partial charge in [0, 0.05) is 13.1 Å². The van der Waals surface area contributed by atoms with Crippen molar-refractivity contribution in [3.8, 4) is 0 Å². The maximum atomic E-state index is 12.2. The van der Waals surface area contributed by atoms with Crippen molar-refractivity contribution in [2.75, 3.05) is 32.8 Å². The van der Waals surface area contributed by atoms with Gasteiger partial charge in [0.25, 0.3) is 0 Å². The smallest absolute Gasteiger partial charge is 0.224 e. The van der Waals surface area contributed by atoms with E-state index < -0.39 is 0 Å². The fourth-order valence-electron chi connectivity index (χ4n) is 3.11. The van der Waals surface area contributed by atoms with Crippen LogP contribution in [0.3, 0.4) is 0 Å². The predicted molar refractivity (Wildman–Crippen MR) is 80.7 cm³/mol. The molecule has 0 saturated carbocycles. The van der Waals surface area contributed by atoms with Crippen molar-refractivity contribution in [2.45, 2.75) is 58.5 Å². The van der Waals surface area contributed by atoms with E-state index in [0.717, 1.165) is 51.9 Å². The standard InChI is InChI=1S/C16H30N2O2/c1-16(2)7-3-11-18(12-8-16)15(19)6-13-20-14-4-9-17-10-5-14/h14,17H,3-13H2,1-2H3. The SMILES string of the molecule is CC1(C)CCCN(C(=O)CCOC2CCNCC2)CC1. The lowest BCUT2D eigenvalue weighted by molar-refractivity contribution is -0.132. The Kier molecular flexibility index (Phi) is 5.85. The third-order valence-electron chi connectivity index (χ3n) is 4.65. The van der Waals surface area contributed by atoms with Crippen LogP contribution in [0.1, 0.15) is 52.4 Å². The molecule has 0 unspecified atom stereocenters. The normalized spacial score (nSPS) is 24.4. The largest absolute Gasteiger partial charge is 0.378 e. The Bertz CT molecular complexity index is 312. The van der Waals surface area contributed by atoms with E-state index in [9.17, 15) is 4.79 Å². The van der Waals surface area contributed by atoms with E-state index in [2.05, 4.69) is 19.2 Å². The molecule has 0 atom stereocenters. The quantitative estimate of drug-likeness (QED) is 0.859. The van der Waals surface area contributed by atoms with Gasteiger partial charge in [-0.3, -0.25) is 4.79 Å². The third-order valence-corrected chi connectivity index (χ3v) is 4.65. The van der Waals surface area contributed by atoms with E-state index in [0.29, 0.717) is 24.5 Å². The van der Waals surface area contributed by atoms with Gasteiger partial charge in [-0.1, -0.05) is 13.8 Å². The second-order valence-corrected chi connectivity index (χ2v) is 6.97. The summed E-state index contributed by atoms with van der Waals surface area (Å²) in [5.41, 5.74) is 0.390. The Morgan fingerprint density at radius 2 is 2.00 bits per heavy atom. The number of amides is 1. The summed E-state index contributed by atoms with van der Waals surface area (Å²) < 4.78 is 5.83. The van der Waals surface area contributed by atoms with Crippen LogP contribution in [0, 0.1) is 5.41 Å². The minimum Gasteiger partial charge on any atom is -0.378 e. The van der Waals surface area contributed by atoms with E-state index in [1.165, 1.54) is 6.42 Å². The van der Waals surface area contributed by atoms with Gasteiger partial charge in [-0.25, -0.2) is 0 Å². The summed E-state index contributed by atoms with van der Waals surface area (Å²) >= 11 is 0. The van der Waals surface area contributed by atoms with Crippen molar-refractivity contribution in [3.63, 3.8) is 0 Å². The van der Waals surface area contributed by atoms with E-state index in [1.807, 2.05) is 4.90 Å². The van der Waals surface area contributed by atoms with Crippen LogP contribution in [0.4, 0.5) is 0 Å². The number of carbonyl (C=O) groups is 1. The highest BCUT2D eigenvalue weighted by atomic mass is 16.5. The van der Waals surface area contributed by atoms with Crippen LogP contribution in [-0.4, -0.2) is 49.7 Å². The summed E-state index contributed by atoms with van der Waals surface area (Å²) in [6, 6.07) is 0. The average molecular weight is 282 g/mol. The zero-order chi connectivity index (χ0) is 14.4. The number of carbonyl (C=O) groups excluding carboxylic acids is 1. The summed E-state index contributed by atoms with van der Waals surface area (Å²) in [4.78, 5) is 14.3. The van der Waals surface area contributed by atoms with Crippen molar-refractivity contribution in [2.24, 2.45) is 5.41 Å². The summed E-state index contributed by atoms with van der Waals surface area (Å²) in [5, 5.41) is 3.33. The van der Waals surface area contributed by atoms with Crippen molar-refractivity contribution in [1.29, 1.82) is 0 Å². The van der Waals surface area contributed by atoms with Crippen LogP contribution < -0.4 is 5.32 Å². The van der Waals surface area contributed by atoms with E-state index >= 15 is 0 Å². The monoisotopic (exact) mass is 282 g/mol. The third kappa shape index (κ3) is 5.06. The first-order valence-corrected chi connectivity index (χ1v) is 8.17. The molecule has 116 valence electrons. The van der Waals surface area contributed by atoms with Crippen LogP contribution in [-0.2, 0) is 9.53 Å². The molecule has 2 aliphatic heterocycles. The van der Waals surface area contributed by atoms with Crippen LogP contribution in [0.15, 0.2) is 0 Å². The highest BCUT2D eigenvalue weighted by molar-refractivity contribution is 5.76. The molecule has 0 aromatic heterocycles. The molecule has 2 heterocycles. The second kappa shape index (κ2) is 7.41. The average Bonchev–Trinajstić information content (AvgIpc) is 2.61. The van der Waals surface area contributed by atoms with E-state index in [-0.39, 0.29) is 5.91 Å². The molecule has 2 saturated heterocycles. The van der Waals surface area contributed by atoms with Gasteiger partial charge >= 0.3 is 0 Å². The molecular formula is C16H30N2O2. The Hall–Kier alpha value is -0.610. The Labute approximate surface area is 123 Å². The molecule has 0 aromatic rings. The predicted octanol–water partition coefficient (Wildman–Crippen LogP) is 2.18. The van der Waals surface area contributed by atoms with E-state index in [1.54, 1.807) is 0 Å². The topological polar surface area (TPSA) is 41.6 Å². The number of rotatable bonds is 4. The zero-order valence-electron chi connectivity index (χ0n) is 13.1. The first-order valence-electron chi connectivity index (χ1n) is 8.17. The first kappa shape index (κ1) is 15.8. The number of hydrogen-bond acceptors (Lipinski definition) is 3. The molecule has 20 heavy (non-hydrogen) atoms. The lowest BCUT2D eigenvalue weighted by atomic mass is 9.85. The van der Waals surface area contributed by atoms with Crippen molar-refractivity contribution >= 4 is 5.91 Å². The van der Waals surface area contributed by atoms with Crippen LogP contribution in [0.5, 0.6) is 0 Å². The zero-order valence-corrected chi connectivity index (χ0v) is 13.1. The van der Waals surface area contributed by atoms with Crippen LogP contribution >= 0.6 is 0 Å². The molecule has 0 spiro atoms. The molecule has 2 rings (SSSR count). The number of piperidine rings is 1. The maximum absolute atomic E-state index is 12.2. The number of nitrogens with zero attached hydrogens (tertiary/aromatic N) is 1. The van der Waals surface area contributed by atoms with Gasteiger partial charge in [0.1, 0.15) is 0 Å². The van der Waals surface area contributed by atoms with Gasteiger partial charge in [-0.15, -0.1) is 0 Å². The highest BCUT2D eigenvalue weighted by Crippen LogP contribution is 2.29. The summed E-state index contributed by atoms with van der Waals surface area (Å²) in [6.07, 6.45) is 6.53. The Morgan fingerprint density at radius 1 is 1.25 bits per heavy atom. The highest BCUT2D eigenvalue weighted by Gasteiger charge is 2.25. The minimum atomic E-state index is 0.275. The Morgan fingerprint density at radius 3 is 2.75 bits per heavy atom. The molecule has 0 aromatic carbocycles. The lowest BCUT2D eigenvalue weighted by Gasteiger charge is -2.25. The molecule has 2 aliphatic rings. The van der Waals surface area contributed by atoms with Gasteiger partial charge in [0.05, 0.1) is 19.1 Å². The number of likely N-dealkylation sites (tertiary alicyclic amines) is 1. The first-order chi connectivity index (χ1) is 9.57. The molecule has 1 amide bonds. The summed E-state index contributed by atoms with van der Waals surface area (Å²) in [7, 11) is 0. The minimum absolute atomic E-state index is 0.275. The summed E-state index contributed by atoms with van der Waals surface area (Å²) in [6.45, 7) is 9.13. The van der Waals surface area contributed by atoms with Crippen LogP contribution in [0.2, 0.25) is 0 Å². The molecular weight excluding hydrogens is 252 g/mol. The molecule has 4 heteroatoms. The molecule has 1 N–H and O–H groups in total. The van der Waals surface area contributed by atoms with Crippen molar-refractivity contribution in [3.05, 3.63) is 0 Å². The number of nitrogens with one attached hydrogen (secondary N) is 1. The van der Waals surface area contributed by atoms with Gasteiger partial charge in [-0.05, 0) is 50.6 Å². The maximum Gasteiger partial charge on any atom is 0.224 e. The van der Waals surface area contributed by atoms with Crippen molar-refractivity contribution in [1.82, 2.24) is 10.2 Å². The van der Waals surface area contributed by atoms with Crippen molar-refractivity contribution < 1.29 is 9.53 Å². The fraction of sp³-hybridized carbons (Fsp3) is 0.938. The Balaban J connectivity index is 1.66. The molecule has 0 aliphatic carbocycles. The molecule has 0 radical (unpaired) electrons. The van der Waals surface area contributed by atoms with Gasteiger partial charge in [0.2, 0.25) is 5.91 Å². The summed E-state index contributed by atoms with van der Waals surface area (Å²) in [5.74, 6) is 0.275. The number of hydrogen-bond donors (Lipinski definition) is 1. The number of ether oxygens (including phenoxy) is 1. The molecule has 2 fully saturated rings. The molecule has 4 nitrogen and oxygen atoms in total. The van der Waals surface area contributed by atoms with Crippen LogP contribution in [0.25, 0.3) is 0 Å². The van der Waals surface area contributed by atoms with Gasteiger partial charge < -0.3 is 15.0 Å². The lowest BCUT2D eigenvalue weighted by Crippen LogP contribution is -2.35. The fourth-order valence-corrected chi connectivity index (χ4v) is 3.11. The molecule has 0 bridgehead atoms. The van der Waals surface area contributed by atoms with Gasteiger partial charge in [-0.2, -0.15) is 0 Å². The second-order valence-electron chi connectivity index (χ2n) is 6.97. The van der Waals surface area contributed by atoms with E-state index in [4.69, 9.17) is 4.74 Å². The van der Waals surface area contributed by atoms with Gasteiger partial charge in [0.15, 0.2) is 0 Å².